The van der Waals surface area contributed by atoms with Crippen LogP contribution in [0.25, 0.3) is 0 Å². The fourth-order valence-electron chi connectivity index (χ4n) is 4.84. The summed E-state index contributed by atoms with van der Waals surface area (Å²) < 4.78 is 0. The highest BCUT2D eigenvalue weighted by Gasteiger charge is 2.23. The van der Waals surface area contributed by atoms with Crippen LogP contribution in [-0.2, 0) is 11.3 Å². The molecule has 2 aromatic carbocycles. The third-order valence-corrected chi connectivity index (χ3v) is 6.95. The number of hydrogen-bond donors (Lipinski definition) is 2. The lowest BCUT2D eigenvalue weighted by Crippen LogP contribution is -2.46. The average molecular weight is 478 g/mol. The van der Waals surface area contributed by atoms with Gasteiger partial charge in [0.05, 0.1) is 5.56 Å². The molecule has 2 heterocycles. The SMILES string of the molecule is Cc1ccccc1CN1CCN(c2ccc(C(=O)NCCCN3CCCC3=O)cc2C(N)=O)CC1. The Morgan fingerprint density at radius 1 is 1.03 bits per heavy atom. The zero-order valence-corrected chi connectivity index (χ0v) is 20.5. The van der Waals surface area contributed by atoms with E-state index in [0.29, 0.717) is 37.1 Å². The van der Waals surface area contributed by atoms with Crippen LogP contribution in [0.2, 0.25) is 0 Å². The summed E-state index contributed by atoms with van der Waals surface area (Å²) in [5.74, 6) is -0.589. The zero-order chi connectivity index (χ0) is 24.8. The summed E-state index contributed by atoms with van der Waals surface area (Å²) in [7, 11) is 0. The molecule has 2 fully saturated rings. The lowest BCUT2D eigenvalue weighted by atomic mass is 10.0. The molecule has 3 amide bonds. The number of hydrogen-bond acceptors (Lipinski definition) is 5. The monoisotopic (exact) mass is 477 g/mol. The van der Waals surface area contributed by atoms with Gasteiger partial charge in [-0.15, -0.1) is 0 Å². The first-order valence-electron chi connectivity index (χ1n) is 12.4. The van der Waals surface area contributed by atoms with Crippen molar-refractivity contribution in [2.75, 3.05) is 50.7 Å². The number of nitrogens with zero attached hydrogens (tertiary/aromatic N) is 3. The summed E-state index contributed by atoms with van der Waals surface area (Å²) in [4.78, 5) is 43.0. The van der Waals surface area contributed by atoms with Crippen molar-refractivity contribution < 1.29 is 14.4 Å². The Labute approximate surface area is 207 Å². The number of rotatable bonds is 9. The van der Waals surface area contributed by atoms with Gasteiger partial charge in [-0.3, -0.25) is 19.3 Å². The summed E-state index contributed by atoms with van der Waals surface area (Å²) in [6.45, 7) is 8.31. The van der Waals surface area contributed by atoms with Gasteiger partial charge in [-0.05, 0) is 49.1 Å². The number of anilines is 1. The summed E-state index contributed by atoms with van der Waals surface area (Å²) in [5.41, 5.74) is 9.88. The molecule has 2 aromatic rings. The van der Waals surface area contributed by atoms with E-state index in [0.717, 1.165) is 51.4 Å². The maximum Gasteiger partial charge on any atom is 0.251 e. The van der Waals surface area contributed by atoms with Crippen molar-refractivity contribution in [2.24, 2.45) is 5.73 Å². The molecule has 35 heavy (non-hydrogen) atoms. The zero-order valence-electron chi connectivity index (χ0n) is 20.5. The minimum atomic E-state index is -0.537. The molecule has 0 unspecified atom stereocenters. The molecule has 8 heteroatoms. The smallest absolute Gasteiger partial charge is 0.251 e. The molecular formula is C27H35N5O3. The van der Waals surface area contributed by atoms with Crippen LogP contribution in [-0.4, -0.2) is 73.3 Å². The number of benzene rings is 2. The number of primary amides is 1. The van der Waals surface area contributed by atoms with Gasteiger partial charge < -0.3 is 20.9 Å². The second-order valence-corrected chi connectivity index (χ2v) is 9.38. The largest absolute Gasteiger partial charge is 0.368 e. The molecule has 0 spiro atoms. The molecule has 8 nitrogen and oxygen atoms in total. The number of likely N-dealkylation sites (tertiary alicyclic amines) is 1. The number of aryl methyl sites for hydroxylation is 1. The lowest BCUT2D eigenvalue weighted by Gasteiger charge is -2.37. The Bertz CT molecular complexity index is 1080. The maximum atomic E-state index is 12.6. The molecule has 2 saturated heterocycles. The normalized spacial score (nSPS) is 16.5. The van der Waals surface area contributed by atoms with E-state index in [1.165, 1.54) is 11.1 Å². The first-order valence-corrected chi connectivity index (χ1v) is 12.4. The van der Waals surface area contributed by atoms with E-state index in [-0.39, 0.29) is 11.8 Å². The van der Waals surface area contributed by atoms with Gasteiger partial charge in [-0.2, -0.15) is 0 Å². The lowest BCUT2D eigenvalue weighted by molar-refractivity contribution is -0.127. The highest BCUT2D eigenvalue weighted by Crippen LogP contribution is 2.24. The molecule has 0 aliphatic carbocycles. The van der Waals surface area contributed by atoms with E-state index < -0.39 is 5.91 Å². The van der Waals surface area contributed by atoms with Crippen molar-refractivity contribution in [1.82, 2.24) is 15.1 Å². The van der Waals surface area contributed by atoms with Crippen LogP contribution in [0.3, 0.4) is 0 Å². The van der Waals surface area contributed by atoms with Crippen LogP contribution in [0.1, 0.15) is 51.1 Å². The standard InChI is InChI=1S/C27H35N5O3/c1-20-6-2-3-7-22(20)19-30-14-16-31(17-15-30)24-10-9-21(18-23(24)26(28)34)27(35)29-11-5-13-32-12-4-8-25(32)33/h2-3,6-7,9-10,18H,4-5,8,11-17,19H2,1H3,(H2,28,34)(H,29,35). The highest BCUT2D eigenvalue weighted by atomic mass is 16.2. The fourth-order valence-corrected chi connectivity index (χ4v) is 4.84. The van der Waals surface area contributed by atoms with Crippen LogP contribution < -0.4 is 16.0 Å². The average Bonchev–Trinajstić information content (AvgIpc) is 3.27. The molecule has 0 saturated carbocycles. The topological polar surface area (TPSA) is 99.0 Å². The fraction of sp³-hybridized carbons (Fsp3) is 0.444. The Kier molecular flexibility index (Phi) is 8.02. The number of nitrogens with two attached hydrogens (primary N) is 1. The van der Waals surface area contributed by atoms with Gasteiger partial charge >= 0.3 is 0 Å². The van der Waals surface area contributed by atoms with Crippen molar-refractivity contribution in [1.29, 1.82) is 0 Å². The molecule has 186 valence electrons. The molecule has 3 N–H and O–H groups in total. The van der Waals surface area contributed by atoms with Crippen molar-refractivity contribution in [3.63, 3.8) is 0 Å². The predicted octanol–water partition coefficient (Wildman–Crippen LogP) is 2.16. The number of amides is 3. The first-order chi connectivity index (χ1) is 16.9. The van der Waals surface area contributed by atoms with Gasteiger partial charge in [0.2, 0.25) is 5.91 Å². The second-order valence-electron chi connectivity index (χ2n) is 9.38. The van der Waals surface area contributed by atoms with Crippen LogP contribution in [0, 0.1) is 6.92 Å². The summed E-state index contributed by atoms with van der Waals surface area (Å²) in [6, 6.07) is 13.6. The molecular weight excluding hydrogens is 442 g/mol. The van der Waals surface area contributed by atoms with Crippen LogP contribution in [0.4, 0.5) is 5.69 Å². The number of carbonyl (C=O) groups is 3. The molecule has 2 aliphatic heterocycles. The molecule has 2 aliphatic rings. The Morgan fingerprint density at radius 3 is 2.49 bits per heavy atom. The summed E-state index contributed by atoms with van der Waals surface area (Å²) >= 11 is 0. The Hall–Kier alpha value is -3.39. The van der Waals surface area contributed by atoms with Crippen molar-refractivity contribution in [3.05, 3.63) is 64.7 Å². The Morgan fingerprint density at radius 2 is 1.80 bits per heavy atom. The van der Waals surface area contributed by atoms with Crippen molar-refractivity contribution in [2.45, 2.75) is 32.7 Å². The highest BCUT2D eigenvalue weighted by molar-refractivity contribution is 6.03. The van der Waals surface area contributed by atoms with Crippen molar-refractivity contribution >= 4 is 23.4 Å². The quantitative estimate of drug-likeness (QED) is 0.540. The summed E-state index contributed by atoms with van der Waals surface area (Å²) in [5, 5.41) is 2.89. The maximum absolute atomic E-state index is 12.6. The molecule has 0 bridgehead atoms. The van der Waals surface area contributed by atoms with Crippen LogP contribution in [0.15, 0.2) is 42.5 Å². The van der Waals surface area contributed by atoms with Crippen LogP contribution in [0.5, 0.6) is 0 Å². The van der Waals surface area contributed by atoms with E-state index in [1.54, 1.807) is 12.1 Å². The van der Waals surface area contributed by atoms with Gasteiger partial charge in [0.15, 0.2) is 0 Å². The second kappa shape index (κ2) is 11.4. The predicted molar refractivity (Wildman–Crippen MR) is 136 cm³/mol. The third-order valence-electron chi connectivity index (χ3n) is 6.95. The van der Waals surface area contributed by atoms with Gasteiger partial charge in [0, 0.05) is 70.0 Å². The van der Waals surface area contributed by atoms with E-state index >= 15 is 0 Å². The van der Waals surface area contributed by atoms with E-state index in [4.69, 9.17) is 5.73 Å². The third kappa shape index (κ3) is 6.19. The number of nitrogens with one attached hydrogen (secondary N) is 1. The number of carbonyl (C=O) groups excluding carboxylic acids is 3. The molecule has 0 radical (unpaired) electrons. The van der Waals surface area contributed by atoms with Gasteiger partial charge in [0.1, 0.15) is 0 Å². The molecule has 0 aromatic heterocycles. The van der Waals surface area contributed by atoms with Crippen LogP contribution >= 0.6 is 0 Å². The van der Waals surface area contributed by atoms with E-state index in [9.17, 15) is 14.4 Å². The summed E-state index contributed by atoms with van der Waals surface area (Å²) in [6.07, 6.45) is 2.23. The van der Waals surface area contributed by atoms with Crippen molar-refractivity contribution in [3.8, 4) is 0 Å². The number of piperazine rings is 1. The molecule has 4 rings (SSSR count). The van der Waals surface area contributed by atoms with E-state index in [1.807, 2.05) is 11.0 Å². The van der Waals surface area contributed by atoms with Gasteiger partial charge in [0.25, 0.3) is 11.8 Å². The van der Waals surface area contributed by atoms with Gasteiger partial charge in [-0.1, -0.05) is 24.3 Å². The minimum Gasteiger partial charge on any atom is -0.368 e. The minimum absolute atomic E-state index is 0.189. The van der Waals surface area contributed by atoms with E-state index in [2.05, 4.69) is 46.3 Å². The Balaban J connectivity index is 1.32. The van der Waals surface area contributed by atoms with Gasteiger partial charge in [-0.25, -0.2) is 0 Å². The molecule has 0 atom stereocenters. The first kappa shape index (κ1) is 24.7.